The number of hydrogen-bond donors (Lipinski definition) is 1. The number of benzene rings is 1. The van der Waals surface area contributed by atoms with Gasteiger partial charge < -0.3 is 5.11 Å². The zero-order chi connectivity index (χ0) is 22.0. The van der Waals surface area contributed by atoms with Crippen LogP contribution in [0.1, 0.15) is 57.6 Å². The van der Waals surface area contributed by atoms with Crippen LogP contribution >= 0.6 is 0 Å². The van der Waals surface area contributed by atoms with Crippen LogP contribution in [0.4, 0.5) is 32.0 Å². The summed E-state index contributed by atoms with van der Waals surface area (Å²) in [7, 11) is 0. The number of alkyl halides is 6. The van der Waals surface area contributed by atoms with Gasteiger partial charge in [0.1, 0.15) is 0 Å². The van der Waals surface area contributed by atoms with Crippen LogP contribution in [-0.2, 0) is 4.79 Å². The van der Waals surface area contributed by atoms with Crippen molar-refractivity contribution in [2.45, 2.75) is 58.8 Å². The highest BCUT2D eigenvalue weighted by molar-refractivity contribution is 6.24. The van der Waals surface area contributed by atoms with Crippen molar-refractivity contribution in [1.82, 2.24) is 0 Å². The highest BCUT2D eigenvalue weighted by atomic mass is 19.4. The number of hydrogen-bond acceptors (Lipinski definition) is 3. The lowest BCUT2D eigenvalue weighted by molar-refractivity contribution is -0.167. The van der Waals surface area contributed by atoms with Crippen LogP contribution in [0, 0.1) is 0 Å². The van der Waals surface area contributed by atoms with Crippen molar-refractivity contribution < 1.29 is 36.2 Å². The molecule has 1 aromatic carbocycles. The molecule has 0 spiro atoms. The molecule has 0 heterocycles. The van der Waals surface area contributed by atoms with Gasteiger partial charge in [0.15, 0.2) is 0 Å². The Labute approximate surface area is 158 Å². The number of nitrogens with zero attached hydrogens (tertiary/aromatic N) is 1. The Hall–Kier alpha value is -2.32. The van der Waals surface area contributed by atoms with E-state index in [0.29, 0.717) is 11.1 Å². The summed E-state index contributed by atoms with van der Waals surface area (Å²) in [5, 5.41) is 9.34. The number of aliphatic hydroxyl groups excluding tert-OH is 1. The van der Waals surface area contributed by atoms with Crippen molar-refractivity contribution in [3.8, 4) is 0 Å². The number of carbonyl (C=O) groups is 1. The van der Waals surface area contributed by atoms with Crippen molar-refractivity contribution in [2.24, 2.45) is 4.99 Å². The molecule has 0 aromatic heterocycles. The molecule has 0 radical (unpaired) electrons. The third kappa shape index (κ3) is 5.36. The van der Waals surface area contributed by atoms with E-state index in [0.717, 1.165) is 6.92 Å². The molecule has 28 heavy (non-hydrogen) atoms. The maximum atomic E-state index is 12.9. The van der Waals surface area contributed by atoms with E-state index in [1.54, 1.807) is 45.9 Å². The predicted molar refractivity (Wildman–Crippen MR) is 94.2 cm³/mol. The van der Waals surface area contributed by atoms with Crippen LogP contribution in [-0.4, -0.2) is 29.0 Å². The molecule has 1 rings (SSSR count). The van der Waals surface area contributed by atoms with Gasteiger partial charge in [-0.15, -0.1) is 0 Å². The molecule has 0 aliphatic heterocycles. The highest BCUT2D eigenvalue weighted by Gasteiger charge is 2.48. The smallest absolute Gasteiger partial charge is 0.455 e. The fourth-order valence-corrected chi connectivity index (χ4v) is 2.59. The van der Waals surface area contributed by atoms with Crippen molar-refractivity contribution in [1.29, 1.82) is 0 Å². The minimum Gasteiger partial charge on any atom is -0.504 e. The molecule has 156 valence electrons. The van der Waals surface area contributed by atoms with E-state index in [9.17, 15) is 36.2 Å². The molecule has 0 atom stereocenters. The summed E-state index contributed by atoms with van der Waals surface area (Å²) < 4.78 is 77.2. The Morgan fingerprint density at radius 2 is 1.36 bits per heavy atom. The number of rotatable bonds is 5. The Balaban J connectivity index is 3.83. The molecule has 0 saturated heterocycles. The molecule has 1 N–H and O–H groups in total. The highest BCUT2D eigenvalue weighted by Crippen LogP contribution is 2.37. The first-order valence-electron chi connectivity index (χ1n) is 8.39. The second-order valence-corrected chi connectivity index (χ2v) is 6.84. The maximum absolute atomic E-state index is 12.9. The Bertz CT molecular complexity index is 775. The summed E-state index contributed by atoms with van der Waals surface area (Å²) in [6, 6.07) is 5.02. The lowest BCUT2D eigenvalue weighted by atomic mass is 9.92. The Kier molecular flexibility index (Phi) is 7.08. The molecule has 0 fully saturated rings. The van der Waals surface area contributed by atoms with E-state index in [1.165, 1.54) is 0 Å². The summed E-state index contributed by atoms with van der Waals surface area (Å²) in [4.78, 5) is 15.5. The second kappa shape index (κ2) is 8.36. The zero-order valence-corrected chi connectivity index (χ0v) is 16.0. The third-order valence-corrected chi connectivity index (χ3v) is 3.97. The van der Waals surface area contributed by atoms with E-state index in [4.69, 9.17) is 0 Å². The van der Waals surface area contributed by atoms with Gasteiger partial charge >= 0.3 is 12.4 Å². The quantitative estimate of drug-likeness (QED) is 0.260. The predicted octanol–water partition coefficient (Wildman–Crippen LogP) is 6.53. The molecule has 9 heteroatoms. The van der Waals surface area contributed by atoms with Crippen LogP contribution in [0.3, 0.4) is 0 Å². The molecule has 0 unspecified atom stereocenters. The average Bonchev–Trinajstić information content (AvgIpc) is 2.52. The number of Topliss-reactive ketones (excluding diaryl/α,β-unsaturated/α-hetero) is 1. The number of halogens is 6. The summed E-state index contributed by atoms with van der Waals surface area (Å²) in [5.74, 6) is -5.69. The first-order chi connectivity index (χ1) is 12.6. The van der Waals surface area contributed by atoms with E-state index in [1.807, 2.05) is 0 Å². The van der Waals surface area contributed by atoms with Gasteiger partial charge in [-0.25, -0.2) is 0 Å². The number of aliphatic imine (C=N–C) groups is 1. The molecule has 1 aromatic rings. The van der Waals surface area contributed by atoms with Gasteiger partial charge in [0.25, 0.3) is 5.78 Å². The molecule has 0 saturated carbocycles. The van der Waals surface area contributed by atoms with E-state index >= 15 is 0 Å². The summed E-state index contributed by atoms with van der Waals surface area (Å²) >= 11 is 0. The van der Waals surface area contributed by atoms with Gasteiger partial charge in [0.2, 0.25) is 5.76 Å². The van der Waals surface area contributed by atoms with Crippen LogP contribution in [0.15, 0.2) is 34.5 Å². The molecule has 3 nitrogen and oxygen atoms in total. The van der Waals surface area contributed by atoms with Crippen LogP contribution in [0.2, 0.25) is 0 Å². The van der Waals surface area contributed by atoms with Gasteiger partial charge in [-0.3, -0.25) is 9.79 Å². The third-order valence-electron chi connectivity index (χ3n) is 3.97. The lowest BCUT2D eigenvalue weighted by Crippen LogP contribution is -2.31. The number of allylic oxidation sites excluding steroid dienone is 2. The van der Waals surface area contributed by atoms with Gasteiger partial charge in [0.05, 0.1) is 17.0 Å². The van der Waals surface area contributed by atoms with Crippen molar-refractivity contribution >= 4 is 17.2 Å². The van der Waals surface area contributed by atoms with E-state index < -0.39 is 35.2 Å². The first-order valence-corrected chi connectivity index (χ1v) is 8.39. The normalized spacial score (nSPS) is 14.5. The number of carbonyl (C=O) groups excluding carboxylic acids is 1. The van der Waals surface area contributed by atoms with Crippen LogP contribution in [0.5, 0.6) is 0 Å². The number of aliphatic hydroxyl groups is 1. The molecule has 0 aliphatic carbocycles. The SMILES string of the molecule is CC(=Nc1c(C(C)C)cccc1C(C)C)/C(C(=O)C(F)(F)F)=C(/O)C(F)(F)F. The van der Waals surface area contributed by atoms with Crippen LogP contribution < -0.4 is 0 Å². The van der Waals surface area contributed by atoms with Crippen molar-refractivity contribution in [3.63, 3.8) is 0 Å². The topological polar surface area (TPSA) is 49.7 Å². The monoisotopic (exact) mass is 409 g/mol. The summed E-state index contributed by atoms with van der Waals surface area (Å²) in [5.41, 5.74) is -1.40. The van der Waals surface area contributed by atoms with Gasteiger partial charge in [0, 0.05) is 0 Å². The summed E-state index contributed by atoms with van der Waals surface area (Å²) in [6.07, 6.45) is -11.1. The molecular formula is C19H21F6NO2. The standard InChI is InChI=1S/C19H21F6NO2/c1-9(2)12-7-6-8-13(10(3)4)15(12)26-11(5)14(16(27)18(20,21)22)17(28)19(23,24)25/h6-10,27H,1-5H3/b16-14-,26-11?. The molecule has 0 bridgehead atoms. The zero-order valence-electron chi connectivity index (χ0n) is 16.0. The largest absolute Gasteiger partial charge is 0.504 e. The minimum absolute atomic E-state index is 0.132. The second-order valence-electron chi connectivity index (χ2n) is 6.84. The number of para-hydroxylation sites is 1. The molecule has 0 aliphatic rings. The summed E-state index contributed by atoms with van der Waals surface area (Å²) in [6.45, 7) is 8.00. The molecule has 0 amide bonds. The fourth-order valence-electron chi connectivity index (χ4n) is 2.59. The van der Waals surface area contributed by atoms with E-state index in [-0.39, 0.29) is 17.5 Å². The van der Waals surface area contributed by atoms with Gasteiger partial charge in [-0.05, 0) is 29.9 Å². The van der Waals surface area contributed by atoms with Crippen LogP contribution in [0.25, 0.3) is 0 Å². The Morgan fingerprint density at radius 1 is 0.929 bits per heavy atom. The maximum Gasteiger partial charge on any atom is 0.455 e. The molecular weight excluding hydrogens is 388 g/mol. The Morgan fingerprint density at radius 3 is 1.68 bits per heavy atom. The fraction of sp³-hybridized carbons (Fsp3) is 0.474. The van der Waals surface area contributed by atoms with Crippen molar-refractivity contribution in [2.75, 3.05) is 0 Å². The number of ketones is 1. The van der Waals surface area contributed by atoms with Gasteiger partial charge in [-0.2, -0.15) is 26.3 Å². The lowest BCUT2D eigenvalue weighted by Gasteiger charge is -2.18. The van der Waals surface area contributed by atoms with Crippen molar-refractivity contribution in [3.05, 3.63) is 40.7 Å². The minimum atomic E-state index is -5.61. The van der Waals surface area contributed by atoms with E-state index in [2.05, 4.69) is 4.99 Å². The first kappa shape index (κ1) is 23.7. The average molecular weight is 409 g/mol. The van der Waals surface area contributed by atoms with Gasteiger partial charge in [-0.1, -0.05) is 45.9 Å².